The van der Waals surface area contributed by atoms with Crippen LogP contribution >= 0.6 is 0 Å². The summed E-state index contributed by atoms with van der Waals surface area (Å²) in [5.41, 5.74) is 0. The normalized spacial score (nSPS) is 14.7. The van der Waals surface area contributed by atoms with E-state index in [0.29, 0.717) is 5.84 Å². The number of amidine groups is 1. The highest BCUT2D eigenvalue weighted by molar-refractivity contribution is 5.84. The van der Waals surface area contributed by atoms with Crippen molar-refractivity contribution in [2.45, 2.75) is 0 Å². The van der Waals surface area contributed by atoms with Crippen molar-refractivity contribution in [2.75, 3.05) is 19.7 Å². The highest BCUT2D eigenvalue weighted by Crippen LogP contribution is 2.15. The molecule has 1 heterocycles. The second-order valence-electron chi connectivity index (χ2n) is 3.15. The molecule has 0 bridgehead atoms. The molecule has 0 spiro atoms. The summed E-state index contributed by atoms with van der Waals surface area (Å²) in [4.78, 5) is 4.09. The van der Waals surface area contributed by atoms with E-state index in [0.717, 1.165) is 31.3 Å². The lowest BCUT2D eigenvalue weighted by Gasteiger charge is -2.06. The van der Waals surface area contributed by atoms with E-state index in [-0.39, 0.29) is 12.4 Å². The van der Waals surface area contributed by atoms with Gasteiger partial charge in [0.25, 0.3) is 0 Å². The number of nitrogens with one attached hydrogen (secondary N) is 1. The standard InChI is InChI=1S/C10H10F2N2O/c11-7-3-8(12)5-9(4-7)15-6-10-13-1-2-14-10/h3-5H,1-2,6H2,(H,13,14). The van der Waals surface area contributed by atoms with Crippen LogP contribution in [0, 0.1) is 11.6 Å². The second-order valence-corrected chi connectivity index (χ2v) is 3.15. The van der Waals surface area contributed by atoms with Gasteiger partial charge < -0.3 is 10.1 Å². The van der Waals surface area contributed by atoms with Crippen molar-refractivity contribution in [2.24, 2.45) is 4.99 Å². The zero-order chi connectivity index (χ0) is 10.7. The van der Waals surface area contributed by atoms with Gasteiger partial charge in [0, 0.05) is 24.7 Å². The minimum atomic E-state index is -0.647. The maximum atomic E-state index is 12.8. The topological polar surface area (TPSA) is 33.6 Å². The quantitative estimate of drug-likeness (QED) is 0.820. The number of hydrogen-bond acceptors (Lipinski definition) is 3. The number of benzene rings is 1. The van der Waals surface area contributed by atoms with Gasteiger partial charge in [-0.2, -0.15) is 0 Å². The molecule has 0 radical (unpaired) electrons. The van der Waals surface area contributed by atoms with Gasteiger partial charge in [0.1, 0.15) is 29.8 Å². The minimum absolute atomic E-state index is 0.170. The van der Waals surface area contributed by atoms with Crippen LogP contribution in [0.4, 0.5) is 8.78 Å². The van der Waals surface area contributed by atoms with Crippen molar-refractivity contribution in [1.82, 2.24) is 5.32 Å². The lowest BCUT2D eigenvalue weighted by atomic mass is 10.3. The predicted molar refractivity (Wildman–Crippen MR) is 52.2 cm³/mol. The first-order valence-corrected chi connectivity index (χ1v) is 4.60. The molecule has 1 N–H and O–H groups in total. The smallest absolute Gasteiger partial charge is 0.145 e. The molecular weight excluding hydrogens is 202 g/mol. The highest BCUT2D eigenvalue weighted by Gasteiger charge is 2.06. The Bertz CT molecular complexity index is 373. The van der Waals surface area contributed by atoms with Crippen LogP contribution in [0.1, 0.15) is 0 Å². The van der Waals surface area contributed by atoms with Crippen LogP contribution in [0.2, 0.25) is 0 Å². The molecule has 5 heteroatoms. The van der Waals surface area contributed by atoms with Crippen LogP contribution < -0.4 is 10.1 Å². The molecular formula is C10H10F2N2O. The number of nitrogens with zero attached hydrogens (tertiary/aromatic N) is 1. The molecule has 15 heavy (non-hydrogen) atoms. The Hall–Kier alpha value is -1.65. The summed E-state index contributed by atoms with van der Waals surface area (Å²) in [7, 11) is 0. The Morgan fingerprint density at radius 3 is 2.60 bits per heavy atom. The predicted octanol–water partition coefficient (Wildman–Crippen LogP) is 1.35. The van der Waals surface area contributed by atoms with Crippen molar-refractivity contribution in [3.05, 3.63) is 29.8 Å². The Balaban J connectivity index is 1.98. The van der Waals surface area contributed by atoms with Gasteiger partial charge >= 0.3 is 0 Å². The first-order chi connectivity index (χ1) is 7.24. The zero-order valence-corrected chi connectivity index (χ0v) is 7.96. The van der Waals surface area contributed by atoms with Crippen LogP contribution in [-0.4, -0.2) is 25.5 Å². The van der Waals surface area contributed by atoms with Gasteiger partial charge in [0.05, 0.1) is 6.54 Å². The number of hydrogen-bond donors (Lipinski definition) is 1. The number of aliphatic imine (C=N–C) groups is 1. The van der Waals surface area contributed by atoms with Crippen molar-refractivity contribution in [1.29, 1.82) is 0 Å². The molecule has 0 atom stereocenters. The van der Waals surface area contributed by atoms with Gasteiger partial charge in [-0.3, -0.25) is 4.99 Å². The van der Waals surface area contributed by atoms with E-state index in [1.165, 1.54) is 0 Å². The van der Waals surface area contributed by atoms with E-state index in [2.05, 4.69) is 10.3 Å². The highest BCUT2D eigenvalue weighted by atomic mass is 19.1. The number of ether oxygens (including phenoxy) is 1. The average Bonchev–Trinajstić information content (AvgIpc) is 2.65. The molecule has 3 nitrogen and oxygen atoms in total. The van der Waals surface area contributed by atoms with E-state index >= 15 is 0 Å². The van der Waals surface area contributed by atoms with E-state index in [4.69, 9.17) is 4.74 Å². The molecule has 1 aromatic rings. The summed E-state index contributed by atoms with van der Waals surface area (Å²) in [6, 6.07) is 3.08. The first kappa shape index (κ1) is 9.89. The third-order valence-corrected chi connectivity index (χ3v) is 1.96. The first-order valence-electron chi connectivity index (χ1n) is 4.60. The summed E-state index contributed by atoms with van der Waals surface area (Å²) < 4.78 is 30.7. The van der Waals surface area contributed by atoms with Gasteiger partial charge in [0.15, 0.2) is 0 Å². The average molecular weight is 212 g/mol. The van der Waals surface area contributed by atoms with Gasteiger partial charge in [0.2, 0.25) is 0 Å². The monoisotopic (exact) mass is 212 g/mol. The SMILES string of the molecule is Fc1cc(F)cc(OCC2=NCCN2)c1. The fourth-order valence-corrected chi connectivity index (χ4v) is 1.31. The van der Waals surface area contributed by atoms with Crippen LogP contribution in [-0.2, 0) is 0 Å². The Morgan fingerprint density at radius 2 is 2.00 bits per heavy atom. The molecule has 1 aromatic carbocycles. The molecule has 0 aromatic heterocycles. The molecule has 0 amide bonds. The van der Waals surface area contributed by atoms with Crippen molar-refractivity contribution < 1.29 is 13.5 Å². The molecule has 1 aliphatic heterocycles. The Labute approximate surface area is 85.8 Å². The molecule has 0 unspecified atom stereocenters. The molecule has 2 rings (SSSR count). The third-order valence-electron chi connectivity index (χ3n) is 1.96. The van der Waals surface area contributed by atoms with Gasteiger partial charge in [-0.15, -0.1) is 0 Å². The van der Waals surface area contributed by atoms with Crippen LogP contribution in [0.5, 0.6) is 5.75 Å². The van der Waals surface area contributed by atoms with E-state index < -0.39 is 11.6 Å². The summed E-state index contributed by atoms with van der Waals surface area (Å²) >= 11 is 0. The molecule has 1 aliphatic rings. The minimum Gasteiger partial charge on any atom is -0.486 e. The third kappa shape index (κ3) is 2.65. The molecule has 80 valence electrons. The van der Waals surface area contributed by atoms with Crippen molar-refractivity contribution in [3.8, 4) is 5.75 Å². The fraction of sp³-hybridized carbons (Fsp3) is 0.300. The van der Waals surface area contributed by atoms with Gasteiger partial charge in [-0.25, -0.2) is 8.78 Å². The Kier molecular flexibility index (Phi) is 2.80. The summed E-state index contributed by atoms with van der Waals surface area (Å²) in [5, 5.41) is 2.99. The van der Waals surface area contributed by atoms with E-state index in [1.54, 1.807) is 0 Å². The van der Waals surface area contributed by atoms with E-state index in [1.807, 2.05) is 0 Å². The van der Waals surface area contributed by atoms with Crippen LogP contribution in [0.15, 0.2) is 23.2 Å². The van der Waals surface area contributed by atoms with E-state index in [9.17, 15) is 8.78 Å². The largest absolute Gasteiger partial charge is 0.486 e. The van der Waals surface area contributed by atoms with Crippen LogP contribution in [0.3, 0.4) is 0 Å². The Morgan fingerprint density at radius 1 is 1.27 bits per heavy atom. The summed E-state index contributed by atoms with van der Waals surface area (Å²) in [6.07, 6.45) is 0. The van der Waals surface area contributed by atoms with Gasteiger partial charge in [-0.05, 0) is 0 Å². The lowest BCUT2D eigenvalue weighted by Crippen LogP contribution is -2.24. The number of rotatable bonds is 3. The van der Waals surface area contributed by atoms with Gasteiger partial charge in [-0.1, -0.05) is 0 Å². The van der Waals surface area contributed by atoms with Crippen LogP contribution in [0.25, 0.3) is 0 Å². The lowest BCUT2D eigenvalue weighted by molar-refractivity contribution is 0.368. The van der Waals surface area contributed by atoms with Crippen molar-refractivity contribution in [3.63, 3.8) is 0 Å². The zero-order valence-electron chi connectivity index (χ0n) is 7.96. The van der Waals surface area contributed by atoms with Crippen molar-refractivity contribution >= 4 is 5.84 Å². The maximum absolute atomic E-state index is 12.8. The second kappa shape index (κ2) is 4.25. The number of halogens is 2. The summed E-state index contributed by atoms with van der Waals surface area (Å²) in [5.74, 6) is -0.416. The molecule has 0 aliphatic carbocycles. The molecule has 0 saturated carbocycles. The summed E-state index contributed by atoms with van der Waals surface area (Å²) in [6.45, 7) is 1.72. The molecule has 0 saturated heterocycles. The maximum Gasteiger partial charge on any atom is 0.145 e. The fourth-order valence-electron chi connectivity index (χ4n) is 1.31. The molecule has 0 fully saturated rings.